The van der Waals surface area contributed by atoms with Crippen molar-refractivity contribution in [1.29, 1.82) is 0 Å². The minimum atomic E-state index is -0.575. The molecule has 11 heteroatoms. The number of rotatable bonds is 4. The number of halogens is 3. The van der Waals surface area contributed by atoms with Crippen LogP contribution in [0.3, 0.4) is 0 Å². The average molecular weight is 435 g/mol. The summed E-state index contributed by atoms with van der Waals surface area (Å²) < 4.78 is 1.36. The Morgan fingerprint density at radius 2 is 1.89 bits per heavy atom. The minimum Gasteiger partial charge on any atom is -0.337 e. The second kappa shape index (κ2) is 8.88. The van der Waals surface area contributed by atoms with Crippen LogP contribution in [-0.4, -0.2) is 51.7 Å². The third kappa shape index (κ3) is 4.52. The number of nitrogens with one attached hydrogen (secondary N) is 1. The first-order chi connectivity index (χ1) is 12.4. The molecule has 0 radical (unpaired) electrons. The summed E-state index contributed by atoms with van der Waals surface area (Å²) in [6.45, 7) is 1.33. The number of piperidine rings is 1. The van der Waals surface area contributed by atoms with Gasteiger partial charge in [-0.25, -0.2) is 4.68 Å². The van der Waals surface area contributed by atoms with E-state index in [1.807, 2.05) is 7.05 Å². The van der Waals surface area contributed by atoms with Gasteiger partial charge in [0, 0.05) is 37.5 Å². The highest BCUT2D eigenvalue weighted by Crippen LogP contribution is 2.33. The Kier molecular flexibility index (Phi) is 7.05. The Balaban J connectivity index is 0.00000261. The molecular weight excluding hydrogens is 417 g/mol. The summed E-state index contributed by atoms with van der Waals surface area (Å²) in [4.78, 5) is 24.7. The van der Waals surface area contributed by atoms with E-state index in [0.29, 0.717) is 24.8 Å². The van der Waals surface area contributed by atoms with Gasteiger partial charge in [-0.3, -0.25) is 14.9 Å². The third-order valence-electron chi connectivity index (χ3n) is 4.44. The number of hydrogen-bond donors (Lipinski definition) is 1. The molecule has 27 heavy (non-hydrogen) atoms. The number of carbonyl (C=O) groups excluding carboxylic acids is 1. The molecule has 1 aromatic heterocycles. The minimum absolute atomic E-state index is 0. The van der Waals surface area contributed by atoms with E-state index in [2.05, 4.69) is 10.4 Å². The van der Waals surface area contributed by atoms with Gasteiger partial charge < -0.3 is 10.2 Å². The summed E-state index contributed by atoms with van der Waals surface area (Å²) in [7, 11) is 1.92. The van der Waals surface area contributed by atoms with Crippen LogP contribution in [0.25, 0.3) is 5.69 Å². The number of nitro benzene ring substituents is 1. The van der Waals surface area contributed by atoms with Crippen LogP contribution in [0, 0.1) is 10.1 Å². The summed E-state index contributed by atoms with van der Waals surface area (Å²) in [5.41, 5.74) is 0.366. The van der Waals surface area contributed by atoms with Gasteiger partial charge in [0.2, 0.25) is 0 Å². The number of benzene rings is 1. The van der Waals surface area contributed by atoms with Crippen molar-refractivity contribution in [1.82, 2.24) is 20.0 Å². The fraction of sp³-hybridized carbons (Fsp3) is 0.375. The first-order valence-corrected chi connectivity index (χ1v) is 8.82. The van der Waals surface area contributed by atoms with Gasteiger partial charge in [-0.2, -0.15) is 5.10 Å². The zero-order valence-corrected chi connectivity index (χ0v) is 16.7. The Bertz CT molecular complexity index is 827. The fourth-order valence-corrected chi connectivity index (χ4v) is 3.62. The molecule has 8 nitrogen and oxygen atoms in total. The van der Waals surface area contributed by atoms with Crippen molar-refractivity contribution in [2.24, 2.45) is 0 Å². The van der Waals surface area contributed by atoms with Crippen molar-refractivity contribution in [3.63, 3.8) is 0 Å². The van der Waals surface area contributed by atoms with Crippen molar-refractivity contribution in [2.45, 2.75) is 18.9 Å². The van der Waals surface area contributed by atoms with Crippen LogP contribution in [0.1, 0.15) is 23.3 Å². The van der Waals surface area contributed by atoms with Gasteiger partial charge in [0.05, 0.1) is 15.0 Å². The van der Waals surface area contributed by atoms with E-state index in [9.17, 15) is 14.9 Å². The molecule has 0 spiro atoms. The lowest BCUT2D eigenvalue weighted by atomic mass is 10.1. The van der Waals surface area contributed by atoms with Gasteiger partial charge >= 0.3 is 0 Å². The number of non-ortho nitro benzene ring substituents is 1. The van der Waals surface area contributed by atoms with E-state index < -0.39 is 4.92 Å². The van der Waals surface area contributed by atoms with Crippen LogP contribution >= 0.6 is 35.6 Å². The fourth-order valence-electron chi connectivity index (χ4n) is 2.97. The van der Waals surface area contributed by atoms with Crippen molar-refractivity contribution in [2.75, 3.05) is 20.1 Å². The Labute approximate surface area is 172 Å². The molecule has 1 saturated heterocycles. The molecule has 1 fully saturated rings. The van der Waals surface area contributed by atoms with Crippen LogP contribution in [-0.2, 0) is 0 Å². The van der Waals surface area contributed by atoms with Crippen LogP contribution in [0.15, 0.2) is 24.4 Å². The van der Waals surface area contributed by atoms with Crippen LogP contribution in [0.5, 0.6) is 0 Å². The second-order valence-electron chi connectivity index (χ2n) is 6.02. The first-order valence-electron chi connectivity index (χ1n) is 8.06. The number of aromatic nitrogens is 2. The lowest BCUT2D eigenvalue weighted by Gasteiger charge is -2.31. The predicted octanol–water partition coefficient (Wildman–Crippen LogP) is 3.33. The Hall–Kier alpha value is -1.87. The zero-order chi connectivity index (χ0) is 18.8. The molecule has 2 aromatic rings. The van der Waals surface area contributed by atoms with Gasteiger partial charge in [-0.1, -0.05) is 23.2 Å². The van der Waals surface area contributed by atoms with E-state index in [1.165, 1.54) is 16.8 Å². The molecule has 146 valence electrons. The molecule has 0 aliphatic carbocycles. The molecule has 1 N–H and O–H groups in total. The lowest BCUT2D eigenvalue weighted by Crippen LogP contribution is -2.44. The monoisotopic (exact) mass is 433 g/mol. The second-order valence-corrected chi connectivity index (χ2v) is 6.83. The molecule has 0 bridgehead atoms. The topological polar surface area (TPSA) is 93.3 Å². The van der Waals surface area contributed by atoms with E-state index in [4.69, 9.17) is 23.2 Å². The molecule has 0 atom stereocenters. The quantitative estimate of drug-likeness (QED) is 0.588. The standard InChI is InChI=1S/C16H17Cl2N5O3.ClH/c1-19-10-2-5-21(6-3-10)16(24)14-4-7-22(20-14)15-12(17)8-11(23(25)26)9-13(15)18;/h4,7-10,19H,2-3,5-6H2,1H3;1H. The van der Waals surface area contributed by atoms with Gasteiger partial charge in [0.25, 0.3) is 11.6 Å². The Morgan fingerprint density at radius 1 is 1.30 bits per heavy atom. The average Bonchev–Trinajstić information content (AvgIpc) is 3.10. The number of nitro groups is 1. The van der Waals surface area contributed by atoms with Gasteiger partial charge in [-0.05, 0) is 26.0 Å². The number of nitrogens with zero attached hydrogens (tertiary/aromatic N) is 4. The van der Waals surface area contributed by atoms with E-state index >= 15 is 0 Å². The van der Waals surface area contributed by atoms with Crippen LogP contribution in [0.2, 0.25) is 10.0 Å². The predicted molar refractivity (Wildman–Crippen MR) is 105 cm³/mol. The largest absolute Gasteiger partial charge is 0.337 e. The summed E-state index contributed by atoms with van der Waals surface area (Å²) in [5, 5.41) is 18.5. The molecule has 0 unspecified atom stereocenters. The van der Waals surface area contributed by atoms with Gasteiger partial charge in [0.15, 0.2) is 5.69 Å². The SMILES string of the molecule is CNC1CCN(C(=O)c2ccn(-c3c(Cl)cc([N+](=O)[O-])cc3Cl)n2)CC1.Cl. The highest BCUT2D eigenvalue weighted by Gasteiger charge is 2.25. The number of carbonyl (C=O) groups is 1. The summed E-state index contributed by atoms with van der Waals surface area (Å²) in [5.74, 6) is -0.160. The highest BCUT2D eigenvalue weighted by molar-refractivity contribution is 6.38. The zero-order valence-electron chi connectivity index (χ0n) is 14.4. The molecule has 1 aliphatic heterocycles. The molecule has 3 rings (SSSR count). The number of hydrogen-bond acceptors (Lipinski definition) is 5. The molecule has 2 heterocycles. The van der Waals surface area contributed by atoms with Gasteiger partial charge in [-0.15, -0.1) is 12.4 Å². The van der Waals surface area contributed by atoms with Crippen LogP contribution in [0.4, 0.5) is 5.69 Å². The maximum atomic E-state index is 12.6. The van der Waals surface area contributed by atoms with Crippen molar-refractivity contribution < 1.29 is 9.72 Å². The molecule has 1 aromatic carbocycles. The summed E-state index contributed by atoms with van der Waals surface area (Å²) in [6, 6.07) is 4.41. The molecular formula is C16H18Cl3N5O3. The Morgan fingerprint density at radius 3 is 2.41 bits per heavy atom. The van der Waals surface area contributed by atoms with Crippen molar-refractivity contribution in [3.05, 3.63) is 50.2 Å². The molecule has 1 amide bonds. The van der Waals surface area contributed by atoms with Crippen molar-refractivity contribution >= 4 is 47.2 Å². The van der Waals surface area contributed by atoms with E-state index in [1.54, 1.807) is 17.2 Å². The summed E-state index contributed by atoms with van der Waals surface area (Å²) in [6.07, 6.45) is 3.35. The van der Waals surface area contributed by atoms with Gasteiger partial charge in [0.1, 0.15) is 5.69 Å². The lowest BCUT2D eigenvalue weighted by molar-refractivity contribution is -0.384. The van der Waals surface area contributed by atoms with Crippen LogP contribution < -0.4 is 5.32 Å². The highest BCUT2D eigenvalue weighted by atomic mass is 35.5. The molecule has 0 saturated carbocycles. The normalized spacial score (nSPS) is 14.7. The van der Waals surface area contributed by atoms with E-state index in [-0.39, 0.29) is 39.7 Å². The smallest absolute Gasteiger partial charge is 0.274 e. The molecule has 1 aliphatic rings. The number of amides is 1. The van der Waals surface area contributed by atoms with Crippen molar-refractivity contribution in [3.8, 4) is 5.69 Å². The summed E-state index contributed by atoms with van der Waals surface area (Å²) >= 11 is 12.3. The maximum Gasteiger partial charge on any atom is 0.274 e. The van der Waals surface area contributed by atoms with E-state index in [0.717, 1.165) is 12.8 Å². The first kappa shape index (κ1) is 21.4. The number of likely N-dealkylation sites (tertiary alicyclic amines) is 1. The third-order valence-corrected chi connectivity index (χ3v) is 5.02. The maximum absolute atomic E-state index is 12.6.